The third-order valence-electron chi connectivity index (χ3n) is 5.32. The number of para-hydroxylation sites is 1. The number of piperazine rings is 1. The van der Waals surface area contributed by atoms with Gasteiger partial charge in [0.2, 0.25) is 0 Å². The van der Waals surface area contributed by atoms with Crippen LogP contribution >= 0.6 is 11.6 Å². The number of anilines is 2. The maximum atomic E-state index is 12.8. The molecule has 1 N–H and O–H groups in total. The zero-order valence-corrected chi connectivity index (χ0v) is 16.2. The minimum absolute atomic E-state index is 0.137. The Bertz CT molecular complexity index is 809. The first-order valence-electron chi connectivity index (χ1n) is 9.46. The second kappa shape index (κ2) is 7.79. The van der Waals surface area contributed by atoms with Crippen molar-refractivity contribution in [1.29, 1.82) is 0 Å². The third kappa shape index (κ3) is 3.89. The van der Waals surface area contributed by atoms with Gasteiger partial charge in [0.15, 0.2) is 6.10 Å². The second-order valence-electron chi connectivity index (χ2n) is 6.99. The van der Waals surface area contributed by atoms with Gasteiger partial charge in [0.1, 0.15) is 5.75 Å². The molecule has 27 heavy (non-hydrogen) atoms. The highest BCUT2D eigenvalue weighted by molar-refractivity contribution is 6.31. The lowest BCUT2D eigenvalue weighted by molar-refractivity contribution is -0.122. The molecule has 5 nitrogen and oxygen atoms in total. The Morgan fingerprint density at radius 1 is 1.19 bits per heavy atom. The monoisotopic (exact) mass is 385 g/mol. The van der Waals surface area contributed by atoms with Gasteiger partial charge < -0.3 is 19.9 Å². The smallest absolute Gasteiger partial charge is 0.265 e. The van der Waals surface area contributed by atoms with Crippen molar-refractivity contribution in [3.05, 3.63) is 53.1 Å². The predicted octanol–water partition coefficient (Wildman–Crippen LogP) is 3.42. The van der Waals surface area contributed by atoms with Crippen LogP contribution in [0.25, 0.3) is 0 Å². The highest BCUT2D eigenvalue weighted by Gasteiger charge is 2.29. The summed E-state index contributed by atoms with van der Waals surface area (Å²) in [5.41, 5.74) is 2.83. The van der Waals surface area contributed by atoms with Gasteiger partial charge in [-0.15, -0.1) is 0 Å². The molecule has 2 aromatic carbocycles. The number of rotatable bonds is 4. The van der Waals surface area contributed by atoms with Crippen LogP contribution in [0, 0.1) is 0 Å². The van der Waals surface area contributed by atoms with Gasteiger partial charge in [0, 0.05) is 37.6 Å². The molecule has 2 aliphatic rings. The summed E-state index contributed by atoms with van der Waals surface area (Å²) >= 11 is 6.21. The van der Waals surface area contributed by atoms with Crippen molar-refractivity contribution in [2.75, 3.05) is 42.9 Å². The van der Waals surface area contributed by atoms with Crippen molar-refractivity contribution in [2.24, 2.45) is 0 Å². The standard InChI is InChI=1S/C21H24ClN3O2/c1-2-24-9-11-25(12-10-24)18-8-7-16(22)14-17(18)23-21(26)20-13-15-5-3-4-6-19(15)27-20/h3-8,14,20H,2,9-13H2,1H3,(H,23,26). The van der Waals surface area contributed by atoms with Crippen LogP contribution in [0.1, 0.15) is 12.5 Å². The lowest BCUT2D eigenvalue weighted by atomic mass is 10.1. The molecule has 2 aromatic rings. The molecule has 2 heterocycles. The van der Waals surface area contributed by atoms with Gasteiger partial charge in [-0.05, 0) is 36.4 Å². The summed E-state index contributed by atoms with van der Waals surface area (Å²) in [5.74, 6) is 0.654. The second-order valence-corrected chi connectivity index (χ2v) is 7.43. The van der Waals surface area contributed by atoms with Crippen molar-refractivity contribution < 1.29 is 9.53 Å². The summed E-state index contributed by atoms with van der Waals surface area (Å²) in [4.78, 5) is 17.6. The summed E-state index contributed by atoms with van der Waals surface area (Å²) in [6.07, 6.45) is 0.0822. The first kappa shape index (κ1) is 18.1. The Balaban J connectivity index is 1.49. The topological polar surface area (TPSA) is 44.8 Å². The minimum Gasteiger partial charge on any atom is -0.480 e. The number of amides is 1. The van der Waals surface area contributed by atoms with Gasteiger partial charge >= 0.3 is 0 Å². The molecular weight excluding hydrogens is 362 g/mol. The van der Waals surface area contributed by atoms with Crippen LogP contribution in [0.4, 0.5) is 11.4 Å². The molecule has 1 unspecified atom stereocenters. The zero-order valence-electron chi connectivity index (χ0n) is 15.5. The van der Waals surface area contributed by atoms with E-state index in [2.05, 4.69) is 22.0 Å². The first-order chi connectivity index (χ1) is 13.1. The van der Waals surface area contributed by atoms with Crippen molar-refractivity contribution >= 4 is 28.9 Å². The summed E-state index contributed by atoms with van der Waals surface area (Å²) in [5, 5.41) is 3.66. The Morgan fingerprint density at radius 2 is 1.96 bits per heavy atom. The lowest BCUT2D eigenvalue weighted by Gasteiger charge is -2.36. The van der Waals surface area contributed by atoms with E-state index in [9.17, 15) is 4.79 Å². The molecule has 4 rings (SSSR count). The molecular formula is C21H24ClN3O2. The highest BCUT2D eigenvalue weighted by Crippen LogP contribution is 2.32. The number of carbonyl (C=O) groups is 1. The maximum absolute atomic E-state index is 12.8. The fourth-order valence-corrected chi connectivity index (χ4v) is 3.90. The molecule has 0 aromatic heterocycles. The molecule has 1 atom stereocenters. The van der Waals surface area contributed by atoms with Crippen LogP contribution in [0.2, 0.25) is 5.02 Å². The fourth-order valence-electron chi connectivity index (χ4n) is 3.73. The number of likely N-dealkylation sites (N-methyl/N-ethyl adjacent to an activating group) is 1. The van der Waals surface area contributed by atoms with Crippen LogP contribution in [0.15, 0.2) is 42.5 Å². The summed E-state index contributed by atoms with van der Waals surface area (Å²) in [6.45, 7) is 7.16. The van der Waals surface area contributed by atoms with E-state index in [0.29, 0.717) is 11.4 Å². The van der Waals surface area contributed by atoms with Crippen LogP contribution in [0.3, 0.4) is 0 Å². The van der Waals surface area contributed by atoms with Crippen LogP contribution in [-0.4, -0.2) is 49.6 Å². The van der Waals surface area contributed by atoms with Crippen LogP contribution < -0.4 is 15.0 Å². The molecule has 0 bridgehead atoms. The fraction of sp³-hybridized carbons (Fsp3) is 0.381. The summed E-state index contributed by atoms with van der Waals surface area (Å²) in [7, 11) is 0. The lowest BCUT2D eigenvalue weighted by Crippen LogP contribution is -2.46. The Kier molecular flexibility index (Phi) is 5.23. The Morgan fingerprint density at radius 3 is 2.70 bits per heavy atom. The molecule has 1 fully saturated rings. The van der Waals surface area contributed by atoms with Crippen molar-refractivity contribution in [2.45, 2.75) is 19.4 Å². The van der Waals surface area contributed by atoms with Crippen molar-refractivity contribution in [3.8, 4) is 5.75 Å². The van der Waals surface area contributed by atoms with Gasteiger partial charge in [-0.25, -0.2) is 0 Å². The van der Waals surface area contributed by atoms with Crippen molar-refractivity contribution in [3.63, 3.8) is 0 Å². The van der Waals surface area contributed by atoms with E-state index < -0.39 is 6.10 Å². The molecule has 0 saturated carbocycles. The number of benzene rings is 2. The Hall–Kier alpha value is -2.24. The quantitative estimate of drug-likeness (QED) is 0.875. The first-order valence-corrected chi connectivity index (χ1v) is 9.84. The average Bonchev–Trinajstić information content (AvgIpc) is 3.13. The third-order valence-corrected chi connectivity index (χ3v) is 5.55. The number of halogens is 1. The van der Waals surface area contributed by atoms with Gasteiger partial charge in [0.05, 0.1) is 11.4 Å². The number of fused-ring (bicyclic) bond motifs is 1. The SMILES string of the molecule is CCN1CCN(c2ccc(Cl)cc2NC(=O)C2Cc3ccccc3O2)CC1. The van der Waals surface area contributed by atoms with Gasteiger partial charge in [-0.1, -0.05) is 36.7 Å². The van der Waals surface area contributed by atoms with E-state index in [1.807, 2.05) is 42.5 Å². The number of ether oxygens (including phenoxy) is 1. The molecule has 1 amide bonds. The van der Waals surface area contributed by atoms with Gasteiger partial charge in [-0.2, -0.15) is 0 Å². The molecule has 0 radical (unpaired) electrons. The number of nitrogens with one attached hydrogen (secondary N) is 1. The number of nitrogens with zero attached hydrogens (tertiary/aromatic N) is 2. The van der Waals surface area contributed by atoms with Crippen molar-refractivity contribution in [1.82, 2.24) is 4.90 Å². The van der Waals surface area contributed by atoms with Crippen LogP contribution in [0.5, 0.6) is 5.75 Å². The molecule has 0 aliphatic carbocycles. The predicted molar refractivity (Wildman–Crippen MR) is 109 cm³/mol. The van der Waals surface area contributed by atoms with E-state index >= 15 is 0 Å². The number of hydrogen-bond acceptors (Lipinski definition) is 4. The van der Waals surface area contributed by atoms with E-state index in [1.165, 1.54) is 0 Å². The normalized spacial score (nSPS) is 19.5. The van der Waals surface area contributed by atoms with Gasteiger partial charge in [0.25, 0.3) is 5.91 Å². The zero-order chi connectivity index (χ0) is 18.8. The minimum atomic E-state index is -0.508. The van der Waals surface area contributed by atoms with E-state index in [-0.39, 0.29) is 5.91 Å². The van der Waals surface area contributed by atoms with Crippen LogP contribution in [-0.2, 0) is 11.2 Å². The summed E-state index contributed by atoms with van der Waals surface area (Å²) in [6, 6.07) is 13.5. The van der Waals surface area contributed by atoms with E-state index in [0.717, 1.165) is 55.4 Å². The molecule has 6 heteroatoms. The van der Waals surface area contributed by atoms with E-state index in [1.54, 1.807) is 0 Å². The average molecular weight is 386 g/mol. The Labute approximate surface area is 164 Å². The maximum Gasteiger partial charge on any atom is 0.265 e. The highest BCUT2D eigenvalue weighted by atomic mass is 35.5. The molecule has 2 aliphatic heterocycles. The molecule has 142 valence electrons. The van der Waals surface area contributed by atoms with E-state index in [4.69, 9.17) is 16.3 Å². The molecule has 0 spiro atoms. The summed E-state index contributed by atoms with van der Waals surface area (Å²) < 4.78 is 5.82. The largest absolute Gasteiger partial charge is 0.480 e. The number of hydrogen-bond donors (Lipinski definition) is 1. The van der Waals surface area contributed by atoms with Gasteiger partial charge in [-0.3, -0.25) is 4.79 Å². The number of carbonyl (C=O) groups excluding carboxylic acids is 1. The molecule has 1 saturated heterocycles.